The van der Waals surface area contributed by atoms with Crippen molar-refractivity contribution in [1.82, 2.24) is 14.1 Å². The maximum atomic E-state index is 13.8. The first-order valence-electron chi connectivity index (χ1n) is 11.2. The van der Waals surface area contributed by atoms with Crippen LogP contribution in [0.25, 0.3) is 38.5 Å². The lowest BCUT2D eigenvalue weighted by Crippen LogP contribution is -2.35. The zero-order valence-corrected chi connectivity index (χ0v) is 18.4. The molecule has 0 radical (unpaired) electrons. The molecule has 1 aliphatic heterocycles. The van der Waals surface area contributed by atoms with Gasteiger partial charge in [0.05, 0.1) is 22.1 Å². The summed E-state index contributed by atoms with van der Waals surface area (Å²) in [6.45, 7) is 4.37. The number of aromatic nitrogens is 3. The third kappa shape index (κ3) is 2.25. The molecule has 0 spiro atoms. The second-order valence-electron chi connectivity index (χ2n) is 9.26. The third-order valence-electron chi connectivity index (χ3n) is 7.03. The molecule has 0 saturated carbocycles. The van der Waals surface area contributed by atoms with Gasteiger partial charge in [-0.15, -0.1) is 0 Å². The number of carbonyl (C=O) groups is 1. The van der Waals surface area contributed by atoms with Crippen molar-refractivity contribution in [2.45, 2.75) is 19.3 Å². The number of hydrogen-bond donors (Lipinski definition) is 0. The largest absolute Gasteiger partial charge is 0.309 e. The molecular weight excluding hydrogens is 406 g/mol. The first kappa shape index (κ1) is 18.4. The summed E-state index contributed by atoms with van der Waals surface area (Å²) in [6.07, 6.45) is 0. The summed E-state index contributed by atoms with van der Waals surface area (Å²) in [7, 11) is 0. The van der Waals surface area contributed by atoms with Crippen LogP contribution in [0, 0.1) is 0 Å². The Morgan fingerprint density at radius 1 is 0.697 bits per heavy atom. The Bertz CT molecular complexity index is 1750. The number of nitrogens with zero attached hydrogens (tertiary/aromatic N) is 3. The molecule has 4 nitrogen and oxygen atoms in total. The molecule has 0 saturated heterocycles. The molecule has 0 bridgehead atoms. The maximum Gasteiger partial charge on any atom is 0.264 e. The van der Waals surface area contributed by atoms with E-state index in [0.29, 0.717) is 0 Å². The number of imidazole rings is 1. The summed E-state index contributed by atoms with van der Waals surface area (Å²) in [5.74, 6) is 0.789. The summed E-state index contributed by atoms with van der Waals surface area (Å²) in [5.41, 5.74) is 6.41. The highest BCUT2D eigenvalue weighted by atomic mass is 16.2. The maximum absolute atomic E-state index is 13.8. The quantitative estimate of drug-likeness (QED) is 0.302. The molecule has 2 aromatic heterocycles. The molecule has 6 aromatic rings. The first-order valence-corrected chi connectivity index (χ1v) is 11.2. The van der Waals surface area contributed by atoms with Crippen molar-refractivity contribution >= 4 is 38.7 Å². The Labute approximate surface area is 190 Å². The van der Waals surface area contributed by atoms with E-state index in [2.05, 4.69) is 73.0 Å². The molecule has 3 heterocycles. The summed E-state index contributed by atoms with van der Waals surface area (Å²) in [4.78, 5) is 18.8. The Kier molecular flexibility index (Phi) is 3.46. The normalized spacial score (nSPS) is 14.7. The van der Waals surface area contributed by atoms with E-state index in [1.807, 2.05) is 36.4 Å². The highest BCUT2D eigenvalue weighted by Gasteiger charge is 2.41. The smallest absolute Gasteiger partial charge is 0.264 e. The van der Waals surface area contributed by atoms with E-state index < -0.39 is 5.41 Å². The van der Waals surface area contributed by atoms with Gasteiger partial charge in [0.1, 0.15) is 5.82 Å². The molecule has 7 rings (SSSR count). The van der Waals surface area contributed by atoms with Crippen LogP contribution >= 0.6 is 0 Å². The minimum absolute atomic E-state index is 0.00790. The Morgan fingerprint density at radius 3 is 2.21 bits per heavy atom. The number of fused-ring (bicyclic) bond motifs is 8. The Balaban J connectivity index is 1.66. The highest BCUT2D eigenvalue weighted by molar-refractivity contribution is 6.16. The number of carbonyl (C=O) groups excluding carboxylic acids is 1. The van der Waals surface area contributed by atoms with Crippen LogP contribution in [0.5, 0.6) is 0 Å². The van der Waals surface area contributed by atoms with Gasteiger partial charge in [0, 0.05) is 27.4 Å². The van der Waals surface area contributed by atoms with E-state index in [1.165, 1.54) is 0 Å². The first-order chi connectivity index (χ1) is 16.1. The van der Waals surface area contributed by atoms with Gasteiger partial charge in [-0.1, -0.05) is 48.5 Å². The van der Waals surface area contributed by atoms with Crippen LogP contribution in [-0.4, -0.2) is 20.0 Å². The van der Waals surface area contributed by atoms with Crippen LogP contribution in [0.15, 0.2) is 91.0 Å². The molecule has 158 valence electrons. The van der Waals surface area contributed by atoms with E-state index in [9.17, 15) is 4.79 Å². The van der Waals surface area contributed by atoms with Crippen LogP contribution in [0.1, 0.15) is 35.6 Å². The van der Waals surface area contributed by atoms with Gasteiger partial charge < -0.3 is 4.57 Å². The molecule has 0 amide bonds. The van der Waals surface area contributed by atoms with E-state index in [0.717, 1.165) is 55.5 Å². The molecule has 0 fully saturated rings. The minimum atomic E-state index is -0.451. The summed E-state index contributed by atoms with van der Waals surface area (Å²) in [6, 6.07) is 30.8. The van der Waals surface area contributed by atoms with Gasteiger partial charge in [-0.3, -0.25) is 9.36 Å². The van der Waals surface area contributed by atoms with Crippen molar-refractivity contribution in [1.29, 1.82) is 0 Å². The van der Waals surface area contributed by atoms with Crippen LogP contribution < -0.4 is 0 Å². The van der Waals surface area contributed by atoms with E-state index in [-0.39, 0.29) is 5.91 Å². The zero-order valence-electron chi connectivity index (χ0n) is 18.4. The molecule has 0 unspecified atom stereocenters. The fraction of sp³-hybridized carbons (Fsp3) is 0.103. The van der Waals surface area contributed by atoms with Gasteiger partial charge in [0.15, 0.2) is 0 Å². The molecule has 0 aliphatic carbocycles. The van der Waals surface area contributed by atoms with E-state index in [4.69, 9.17) is 4.98 Å². The van der Waals surface area contributed by atoms with Gasteiger partial charge in [0.25, 0.3) is 5.91 Å². The lowest BCUT2D eigenvalue weighted by atomic mass is 9.76. The standard InChI is InChI=1S/C29H21N3O/c1-29(2)26-20(27(33)32-23-15-9-7-13-21(23)30-28(29)32)16-17-24-25(26)19-12-6-8-14-22(19)31(24)18-10-4-3-5-11-18/h3-17H,1-2H3. The van der Waals surface area contributed by atoms with Crippen molar-refractivity contribution < 1.29 is 4.79 Å². The average molecular weight is 428 g/mol. The second-order valence-corrected chi connectivity index (χ2v) is 9.26. The SMILES string of the molecule is CC1(C)c2c(ccc3c2c2ccccc2n3-c2ccccc2)C(=O)n2c1nc1ccccc12. The number of para-hydroxylation sites is 4. The number of benzene rings is 4. The number of rotatable bonds is 1. The van der Waals surface area contributed by atoms with Crippen molar-refractivity contribution in [3.8, 4) is 5.69 Å². The molecule has 33 heavy (non-hydrogen) atoms. The van der Waals surface area contributed by atoms with E-state index >= 15 is 0 Å². The molecule has 4 aromatic carbocycles. The average Bonchev–Trinajstić information content (AvgIpc) is 3.40. The lowest BCUT2D eigenvalue weighted by molar-refractivity contribution is 0.0948. The van der Waals surface area contributed by atoms with E-state index in [1.54, 1.807) is 4.57 Å². The predicted molar refractivity (Wildman–Crippen MR) is 132 cm³/mol. The third-order valence-corrected chi connectivity index (χ3v) is 7.03. The fourth-order valence-corrected chi connectivity index (χ4v) is 5.63. The van der Waals surface area contributed by atoms with Gasteiger partial charge in [-0.2, -0.15) is 0 Å². The second kappa shape index (κ2) is 6.20. The van der Waals surface area contributed by atoms with Gasteiger partial charge in [-0.25, -0.2) is 4.98 Å². The van der Waals surface area contributed by atoms with Crippen LogP contribution in [-0.2, 0) is 5.41 Å². The van der Waals surface area contributed by atoms with Gasteiger partial charge in [-0.05, 0) is 61.9 Å². The van der Waals surface area contributed by atoms with Crippen LogP contribution in [0.2, 0.25) is 0 Å². The lowest BCUT2D eigenvalue weighted by Gasteiger charge is -2.33. The molecule has 0 N–H and O–H groups in total. The van der Waals surface area contributed by atoms with Crippen LogP contribution in [0.4, 0.5) is 0 Å². The van der Waals surface area contributed by atoms with Gasteiger partial charge >= 0.3 is 0 Å². The van der Waals surface area contributed by atoms with Crippen molar-refractivity contribution in [2.75, 3.05) is 0 Å². The molecule has 4 heteroatoms. The number of hydrogen-bond acceptors (Lipinski definition) is 2. The molecular formula is C29H21N3O. The summed E-state index contributed by atoms with van der Waals surface area (Å²) < 4.78 is 4.10. The van der Waals surface area contributed by atoms with Crippen LogP contribution in [0.3, 0.4) is 0 Å². The summed E-state index contributed by atoms with van der Waals surface area (Å²) >= 11 is 0. The topological polar surface area (TPSA) is 39.8 Å². The highest BCUT2D eigenvalue weighted by Crippen LogP contribution is 2.46. The van der Waals surface area contributed by atoms with Crippen molar-refractivity contribution in [2.24, 2.45) is 0 Å². The monoisotopic (exact) mass is 427 g/mol. The molecule has 0 atom stereocenters. The summed E-state index contributed by atoms with van der Waals surface area (Å²) in [5, 5.41) is 2.28. The Hall–Kier alpha value is -4.18. The predicted octanol–water partition coefficient (Wildman–Crippen LogP) is 6.46. The van der Waals surface area contributed by atoms with Gasteiger partial charge in [0.2, 0.25) is 0 Å². The minimum Gasteiger partial charge on any atom is -0.309 e. The Morgan fingerprint density at radius 2 is 1.39 bits per heavy atom. The fourth-order valence-electron chi connectivity index (χ4n) is 5.63. The van der Waals surface area contributed by atoms with Crippen molar-refractivity contribution in [3.63, 3.8) is 0 Å². The molecule has 1 aliphatic rings. The van der Waals surface area contributed by atoms with Crippen molar-refractivity contribution in [3.05, 3.63) is 108 Å². The zero-order chi connectivity index (χ0) is 22.3.